The molecule has 0 saturated heterocycles. The topological polar surface area (TPSA) is 46.7 Å². The Morgan fingerprint density at radius 1 is 1.18 bits per heavy atom. The number of nitroso groups, excluding NO2 is 1. The number of hydrogen-bond acceptors (Lipinski definition) is 3. The molecule has 0 spiro atoms. The van der Waals surface area contributed by atoms with E-state index in [9.17, 15) is 4.91 Å². The lowest BCUT2D eigenvalue weighted by Gasteiger charge is -2.05. The van der Waals surface area contributed by atoms with Crippen LogP contribution in [0.4, 0.5) is 5.82 Å². The molecule has 0 aliphatic rings. The quantitative estimate of drug-likeness (QED) is 0.642. The number of fused-ring (bicyclic) bond motifs is 1. The third kappa shape index (κ3) is 2.52. The molecule has 0 amide bonds. The van der Waals surface area contributed by atoms with Crippen LogP contribution in [-0.2, 0) is 6.42 Å². The van der Waals surface area contributed by atoms with Crippen molar-refractivity contribution in [3.63, 3.8) is 0 Å². The molecule has 0 unspecified atom stereocenters. The zero-order chi connectivity index (χ0) is 15.7. The van der Waals surface area contributed by atoms with E-state index in [2.05, 4.69) is 36.1 Å². The van der Waals surface area contributed by atoms with Gasteiger partial charge < -0.3 is 0 Å². The number of imidazole rings is 1. The molecule has 0 aliphatic heterocycles. The van der Waals surface area contributed by atoms with Crippen LogP contribution in [0.1, 0.15) is 25.0 Å². The molecule has 0 aliphatic carbocycles. The lowest BCUT2D eigenvalue weighted by molar-refractivity contribution is 0.647. The molecule has 0 atom stereocenters. The van der Waals surface area contributed by atoms with Gasteiger partial charge in [-0.25, -0.2) is 4.98 Å². The van der Waals surface area contributed by atoms with Gasteiger partial charge in [0.2, 0.25) is 5.82 Å². The standard InChI is InChI=1S/C18H19N3O/c1-12(2)11-14-6-8-15(9-7-14)16-18(20-22)21-10-4-5-13(3)17(21)19-16/h4-10,12H,11H2,1-3H3. The smallest absolute Gasteiger partial charge is 0.209 e. The molecule has 4 heteroatoms. The third-order valence-electron chi connectivity index (χ3n) is 3.78. The second-order valence-corrected chi connectivity index (χ2v) is 6.06. The predicted molar refractivity (Wildman–Crippen MR) is 89.4 cm³/mol. The van der Waals surface area contributed by atoms with Crippen molar-refractivity contribution in [1.29, 1.82) is 0 Å². The van der Waals surface area contributed by atoms with Crippen LogP contribution in [-0.4, -0.2) is 9.38 Å². The summed E-state index contributed by atoms with van der Waals surface area (Å²) in [4.78, 5) is 15.9. The highest BCUT2D eigenvalue weighted by Gasteiger charge is 2.15. The minimum absolute atomic E-state index is 0.357. The Kier molecular flexibility index (Phi) is 3.75. The molecule has 0 N–H and O–H groups in total. The zero-order valence-corrected chi connectivity index (χ0v) is 13.1. The molecule has 2 aromatic heterocycles. The Morgan fingerprint density at radius 3 is 2.55 bits per heavy atom. The van der Waals surface area contributed by atoms with Gasteiger partial charge in [0.1, 0.15) is 11.3 Å². The predicted octanol–water partition coefficient (Wildman–Crippen LogP) is 4.91. The molecule has 0 radical (unpaired) electrons. The molecule has 0 saturated carbocycles. The number of aryl methyl sites for hydroxylation is 1. The van der Waals surface area contributed by atoms with Crippen molar-refractivity contribution < 1.29 is 0 Å². The van der Waals surface area contributed by atoms with Crippen molar-refractivity contribution in [3.05, 3.63) is 58.6 Å². The van der Waals surface area contributed by atoms with Crippen molar-refractivity contribution in [1.82, 2.24) is 9.38 Å². The van der Waals surface area contributed by atoms with Gasteiger partial charge in [-0.2, -0.15) is 0 Å². The van der Waals surface area contributed by atoms with Crippen molar-refractivity contribution in [3.8, 4) is 11.3 Å². The SMILES string of the molecule is Cc1cccn2c(N=O)c(-c3ccc(CC(C)C)cc3)nc12. The third-order valence-corrected chi connectivity index (χ3v) is 3.78. The highest BCUT2D eigenvalue weighted by molar-refractivity contribution is 5.75. The van der Waals surface area contributed by atoms with Crippen LogP contribution < -0.4 is 0 Å². The Hall–Kier alpha value is -2.49. The number of rotatable bonds is 4. The number of hydrogen-bond donors (Lipinski definition) is 0. The van der Waals surface area contributed by atoms with E-state index in [0.29, 0.717) is 17.4 Å². The van der Waals surface area contributed by atoms with Gasteiger partial charge in [0.25, 0.3) is 0 Å². The van der Waals surface area contributed by atoms with Gasteiger partial charge in [-0.3, -0.25) is 4.40 Å². The Morgan fingerprint density at radius 2 is 1.91 bits per heavy atom. The number of pyridine rings is 1. The summed E-state index contributed by atoms with van der Waals surface area (Å²) in [6.07, 6.45) is 2.87. The van der Waals surface area contributed by atoms with Gasteiger partial charge in [0.05, 0.1) is 0 Å². The Balaban J connectivity index is 2.09. The van der Waals surface area contributed by atoms with E-state index in [1.54, 1.807) is 4.40 Å². The maximum Gasteiger partial charge on any atom is 0.209 e. The largest absolute Gasteiger partial charge is 0.281 e. The summed E-state index contributed by atoms with van der Waals surface area (Å²) >= 11 is 0. The maximum absolute atomic E-state index is 11.3. The summed E-state index contributed by atoms with van der Waals surface area (Å²) in [6, 6.07) is 12.1. The molecule has 3 aromatic rings. The highest BCUT2D eigenvalue weighted by atomic mass is 16.3. The number of nitrogens with zero attached hydrogens (tertiary/aromatic N) is 3. The monoisotopic (exact) mass is 293 g/mol. The molecule has 4 nitrogen and oxygen atoms in total. The van der Waals surface area contributed by atoms with E-state index in [1.165, 1.54) is 5.56 Å². The molecule has 1 aromatic carbocycles. The van der Waals surface area contributed by atoms with Crippen LogP contribution in [0.5, 0.6) is 0 Å². The van der Waals surface area contributed by atoms with Gasteiger partial charge in [-0.15, -0.1) is 4.91 Å². The summed E-state index contributed by atoms with van der Waals surface area (Å²) in [5.41, 5.74) is 4.65. The fourth-order valence-corrected chi connectivity index (χ4v) is 2.74. The summed E-state index contributed by atoms with van der Waals surface area (Å²) in [7, 11) is 0. The van der Waals surface area contributed by atoms with Gasteiger partial charge in [0, 0.05) is 11.8 Å². The van der Waals surface area contributed by atoms with Crippen molar-refractivity contribution in [2.45, 2.75) is 27.2 Å². The summed E-state index contributed by atoms with van der Waals surface area (Å²) in [5, 5.41) is 3.20. The van der Waals surface area contributed by atoms with E-state index in [-0.39, 0.29) is 0 Å². The first-order valence-electron chi connectivity index (χ1n) is 7.50. The van der Waals surface area contributed by atoms with E-state index in [1.807, 2.05) is 37.4 Å². The molecule has 22 heavy (non-hydrogen) atoms. The molecule has 112 valence electrons. The van der Waals surface area contributed by atoms with Crippen LogP contribution in [0.15, 0.2) is 47.8 Å². The van der Waals surface area contributed by atoms with Gasteiger partial charge >= 0.3 is 0 Å². The molecular formula is C18H19N3O. The lowest BCUT2D eigenvalue weighted by Crippen LogP contribution is -1.93. The van der Waals surface area contributed by atoms with E-state index < -0.39 is 0 Å². The van der Waals surface area contributed by atoms with Crippen molar-refractivity contribution >= 4 is 11.5 Å². The van der Waals surface area contributed by atoms with Crippen LogP contribution in [0.25, 0.3) is 16.9 Å². The van der Waals surface area contributed by atoms with Gasteiger partial charge in [-0.05, 0) is 41.6 Å². The van der Waals surface area contributed by atoms with Crippen molar-refractivity contribution in [2.75, 3.05) is 0 Å². The Labute approximate surface area is 129 Å². The fourth-order valence-electron chi connectivity index (χ4n) is 2.74. The Bertz CT molecular complexity index is 816. The molecule has 0 fully saturated rings. The van der Waals surface area contributed by atoms with Crippen molar-refractivity contribution in [2.24, 2.45) is 11.1 Å². The van der Waals surface area contributed by atoms with Crippen LogP contribution in [0, 0.1) is 17.7 Å². The summed E-state index contributed by atoms with van der Waals surface area (Å²) in [6.45, 7) is 6.38. The van der Waals surface area contributed by atoms with E-state index >= 15 is 0 Å². The second kappa shape index (κ2) is 5.72. The average molecular weight is 293 g/mol. The van der Waals surface area contributed by atoms with E-state index in [0.717, 1.165) is 23.2 Å². The summed E-state index contributed by atoms with van der Waals surface area (Å²) in [5.74, 6) is 0.978. The van der Waals surface area contributed by atoms with Crippen LogP contribution in [0.2, 0.25) is 0 Å². The first-order chi connectivity index (χ1) is 10.6. The average Bonchev–Trinajstić information content (AvgIpc) is 2.87. The first-order valence-corrected chi connectivity index (χ1v) is 7.50. The van der Waals surface area contributed by atoms with Gasteiger partial charge in [-0.1, -0.05) is 44.2 Å². The number of aromatic nitrogens is 2. The molecule has 3 rings (SSSR count). The summed E-state index contributed by atoms with van der Waals surface area (Å²) < 4.78 is 1.75. The molecular weight excluding hydrogens is 274 g/mol. The molecule has 2 heterocycles. The first kappa shape index (κ1) is 14.4. The maximum atomic E-state index is 11.3. The lowest BCUT2D eigenvalue weighted by atomic mass is 10.0. The minimum atomic E-state index is 0.357. The van der Waals surface area contributed by atoms with Crippen LogP contribution >= 0.6 is 0 Å². The van der Waals surface area contributed by atoms with Gasteiger partial charge in [0.15, 0.2) is 0 Å². The van der Waals surface area contributed by atoms with E-state index in [4.69, 9.17) is 0 Å². The number of benzene rings is 1. The minimum Gasteiger partial charge on any atom is -0.281 e. The highest BCUT2D eigenvalue weighted by Crippen LogP contribution is 2.32. The molecule has 0 bridgehead atoms. The van der Waals surface area contributed by atoms with Crippen LogP contribution in [0.3, 0.4) is 0 Å². The normalized spacial score (nSPS) is 11.3. The second-order valence-electron chi connectivity index (χ2n) is 6.06. The fraction of sp³-hybridized carbons (Fsp3) is 0.278. The zero-order valence-electron chi connectivity index (χ0n) is 13.1.